The number of nitrogens with one attached hydrogen (secondary N) is 1. The molecule has 23 heavy (non-hydrogen) atoms. The number of aromatic nitrogens is 2. The molecular weight excluding hydrogens is 297 g/mol. The smallest absolute Gasteiger partial charge is 0.167 e. The van der Waals surface area contributed by atoms with Crippen LogP contribution in [0.2, 0.25) is 0 Å². The lowest BCUT2D eigenvalue weighted by molar-refractivity contribution is 0.0809. The van der Waals surface area contributed by atoms with Crippen LogP contribution >= 0.6 is 0 Å². The number of Topliss-reactive ketones (excluding diaryl/α,β-unsaturated/α-hetero) is 1. The molecule has 1 aliphatic heterocycles. The zero-order valence-corrected chi connectivity index (χ0v) is 13.1. The number of ketones is 1. The van der Waals surface area contributed by atoms with Gasteiger partial charge in [-0.1, -0.05) is 0 Å². The summed E-state index contributed by atoms with van der Waals surface area (Å²) in [6.07, 6.45) is 3.52. The Morgan fingerprint density at radius 1 is 1.48 bits per heavy atom. The van der Waals surface area contributed by atoms with Crippen LogP contribution in [0.15, 0.2) is 30.5 Å². The summed E-state index contributed by atoms with van der Waals surface area (Å²) in [5, 5.41) is 6.88. The van der Waals surface area contributed by atoms with Crippen molar-refractivity contribution in [1.82, 2.24) is 15.1 Å². The maximum absolute atomic E-state index is 13.8. The largest absolute Gasteiger partial charge is 0.494 e. The third-order valence-electron chi connectivity index (χ3n) is 4.26. The van der Waals surface area contributed by atoms with Gasteiger partial charge in [0.25, 0.3) is 0 Å². The second kappa shape index (κ2) is 6.91. The minimum Gasteiger partial charge on any atom is -0.494 e. The van der Waals surface area contributed by atoms with Gasteiger partial charge in [-0.3, -0.25) is 14.8 Å². The molecule has 1 fully saturated rings. The molecule has 1 unspecified atom stereocenters. The molecule has 0 radical (unpaired) electrons. The van der Waals surface area contributed by atoms with Gasteiger partial charge in [0.2, 0.25) is 0 Å². The predicted molar refractivity (Wildman–Crippen MR) is 83.9 cm³/mol. The number of carbonyl (C=O) groups is 1. The Hall–Kier alpha value is -2.21. The SMILES string of the molecule is COc1ccc(C(=O)C2CCCN(Cc3ccn[nH]3)C2)cc1F. The van der Waals surface area contributed by atoms with Crippen LogP contribution in [-0.4, -0.2) is 41.1 Å². The topological polar surface area (TPSA) is 58.2 Å². The lowest BCUT2D eigenvalue weighted by Crippen LogP contribution is -2.38. The average Bonchev–Trinajstić information content (AvgIpc) is 3.07. The quantitative estimate of drug-likeness (QED) is 0.861. The summed E-state index contributed by atoms with van der Waals surface area (Å²) in [5.41, 5.74) is 1.45. The molecule has 1 atom stereocenters. The van der Waals surface area contributed by atoms with Gasteiger partial charge >= 0.3 is 0 Å². The molecule has 2 heterocycles. The molecule has 2 aromatic rings. The highest BCUT2D eigenvalue weighted by molar-refractivity contribution is 5.98. The molecule has 6 heteroatoms. The first kappa shape index (κ1) is 15.7. The molecule has 1 aromatic heterocycles. The van der Waals surface area contributed by atoms with Crippen LogP contribution in [-0.2, 0) is 6.54 Å². The first-order chi connectivity index (χ1) is 11.2. The van der Waals surface area contributed by atoms with Crippen molar-refractivity contribution in [3.8, 4) is 5.75 Å². The summed E-state index contributed by atoms with van der Waals surface area (Å²) >= 11 is 0. The van der Waals surface area contributed by atoms with Crippen molar-refractivity contribution in [1.29, 1.82) is 0 Å². The van der Waals surface area contributed by atoms with Gasteiger partial charge in [0.1, 0.15) is 0 Å². The number of hydrogen-bond acceptors (Lipinski definition) is 4. The van der Waals surface area contributed by atoms with E-state index in [-0.39, 0.29) is 17.5 Å². The van der Waals surface area contributed by atoms with E-state index in [0.717, 1.165) is 31.6 Å². The summed E-state index contributed by atoms with van der Waals surface area (Å²) in [6.45, 7) is 2.39. The first-order valence-electron chi connectivity index (χ1n) is 7.75. The number of benzene rings is 1. The van der Waals surface area contributed by atoms with Crippen molar-refractivity contribution >= 4 is 5.78 Å². The van der Waals surface area contributed by atoms with Crippen molar-refractivity contribution in [3.63, 3.8) is 0 Å². The maximum atomic E-state index is 13.8. The fourth-order valence-corrected chi connectivity index (χ4v) is 3.08. The number of rotatable bonds is 5. The Balaban J connectivity index is 1.68. The number of carbonyl (C=O) groups excluding carboxylic acids is 1. The second-order valence-corrected chi connectivity index (χ2v) is 5.87. The van der Waals surface area contributed by atoms with Gasteiger partial charge in [0.15, 0.2) is 17.3 Å². The number of halogens is 1. The third kappa shape index (κ3) is 3.59. The van der Waals surface area contributed by atoms with Gasteiger partial charge in [0, 0.05) is 36.5 Å². The number of hydrogen-bond donors (Lipinski definition) is 1. The van der Waals surface area contributed by atoms with E-state index in [0.29, 0.717) is 12.1 Å². The average molecular weight is 317 g/mol. The van der Waals surface area contributed by atoms with E-state index in [4.69, 9.17) is 4.74 Å². The van der Waals surface area contributed by atoms with E-state index in [9.17, 15) is 9.18 Å². The molecule has 1 N–H and O–H groups in total. The molecule has 1 aliphatic rings. The fraction of sp³-hybridized carbons (Fsp3) is 0.412. The summed E-state index contributed by atoms with van der Waals surface area (Å²) in [6, 6.07) is 6.35. The van der Waals surface area contributed by atoms with Crippen molar-refractivity contribution in [2.75, 3.05) is 20.2 Å². The number of aromatic amines is 1. The second-order valence-electron chi connectivity index (χ2n) is 5.87. The number of likely N-dealkylation sites (tertiary alicyclic amines) is 1. The minimum atomic E-state index is -0.497. The number of nitrogens with zero attached hydrogens (tertiary/aromatic N) is 2. The van der Waals surface area contributed by atoms with Gasteiger partial charge in [0.05, 0.1) is 7.11 Å². The molecule has 0 spiro atoms. The predicted octanol–water partition coefficient (Wildman–Crippen LogP) is 2.65. The molecule has 3 rings (SSSR count). The lowest BCUT2D eigenvalue weighted by atomic mass is 9.90. The molecule has 0 saturated carbocycles. The van der Waals surface area contributed by atoms with E-state index < -0.39 is 5.82 Å². The van der Waals surface area contributed by atoms with Crippen LogP contribution in [0.25, 0.3) is 0 Å². The summed E-state index contributed by atoms with van der Waals surface area (Å²) in [4.78, 5) is 14.9. The normalized spacial score (nSPS) is 18.8. The monoisotopic (exact) mass is 317 g/mol. The zero-order valence-electron chi connectivity index (χ0n) is 13.1. The molecule has 0 bridgehead atoms. The molecule has 1 aromatic carbocycles. The van der Waals surface area contributed by atoms with Gasteiger partial charge in [-0.05, 0) is 43.7 Å². The van der Waals surface area contributed by atoms with Gasteiger partial charge in [-0.2, -0.15) is 5.10 Å². The fourth-order valence-electron chi connectivity index (χ4n) is 3.08. The van der Waals surface area contributed by atoms with Crippen LogP contribution < -0.4 is 4.74 Å². The summed E-state index contributed by atoms with van der Waals surface area (Å²) in [5.74, 6) is -0.435. The first-order valence-corrected chi connectivity index (χ1v) is 7.75. The van der Waals surface area contributed by atoms with Crippen LogP contribution in [0, 0.1) is 11.7 Å². The van der Waals surface area contributed by atoms with Gasteiger partial charge in [-0.15, -0.1) is 0 Å². The zero-order chi connectivity index (χ0) is 16.2. The van der Waals surface area contributed by atoms with E-state index in [1.165, 1.54) is 19.2 Å². The molecular formula is C17H20FN3O2. The molecule has 122 valence electrons. The number of piperidine rings is 1. The maximum Gasteiger partial charge on any atom is 0.167 e. The van der Waals surface area contributed by atoms with Gasteiger partial charge < -0.3 is 4.74 Å². The Labute approximate surface area is 134 Å². The van der Waals surface area contributed by atoms with Crippen LogP contribution in [0.5, 0.6) is 5.75 Å². The van der Waals surface area contributed by atoms with Crippen molar-refractivity contribution in [2.45, 2.75) is 19.4 Å². The van der Waals surface area contributed by atoms with Crippen LogP contribution in [0.3, 0.4) is 0 Å². The van der Waals surface area contributed by atoms with Crippen molar-refractivity contribution in [2.24, 2.45) is 5.92 Å². The molecule has 5 nitrogen and oxygen atoms in total. The number of H-pyrrole nitrogens is 1. The summed E-state index contributed by atoms with van der Waals surface area (Å²) in [7, 11) is 1.41. The van der Waals surface area contributed by atoms with Crippen molar-refractivity contribution in [3.05, 3.63) is 47.5 Å². The Morgan fingerprint density at radius 3 is 3.04 bits per heavy atom. The van der Waals surface area contributed by atoms with E-state index >= 15 is 0 Å². The number of methoxy groups -OCH3 is 1. The summed E-state index contributed by atoms with van der Waals surface area (Å²) < 4.78 is 18.7. The lowest BCUT2D eigenvalue weighted by Gasteiger charge is -2.31. The molecule has 0 aliphatic carbocycles. The number of ether oxygens (including phenoxy) is 1. The Morgan fingerprint density at radius 2 is 2.35 bits per heavy atom. The standard InChI is InChI=1S/C17H20FN3O2/c1-23-16-5-4-12(9-15(16)18)17(22)13-3-2-8-21(10-13)11-14-6-7-19-20-14/h4-7,9,13H,2-3,8,10-11H2,1H3,(H,19,20). The van der Waals surface area contributed by atoms with E-state index in [1.54, 1.807) is 12.3 Å². The Bertz CT molecular complexity index is 672. The molecule has 0 amide bonds. The minimum absolute atomic E-state index is 0.000800. The highest BCUT2D eigenvalue weighted by atomic mass is 19.1. The Kier molecular flexibility index (Phi) is 4.71. The van der Waals surface area contributed by atoms with Crippen molar-refractivity contribution < 1.29 is 13.9 Å². The highest BCUT2D eigenvalue weighted by Crippen LogP contribution is 2.24. The van der Waals surface area contributed by atoms with Gasteiger partial charge in [-0.25, -0.2) is 4.39 Å². The van der Waals surface area contributed by atoms with Crippen LogP contribution in [0.4, 0.5) is 4.39 Å². The van der Waals surface area contributed by atoms with Crippen LogP contribution in [0.1, 0.15) is 28.9 Å². The van der Waals surface area contributed by atoms with E-state index in [2.05, 4.69) is 15.1 Å². The molecule has 1 saturated heterocycles. The highest BCUT2D eigenvalue weighted by Gasteiger charge is 2.27. The third-order valence-corrected chi connectivity index (χ3v) is 4.26. The van der Waals surface area contributed by atoms with E-state index in [1.807, 2.05) is 6.07 Å².